The van der Waals surface area contributed by atoms with Crippen molar-refractivity contribution in [3.05, 3.63) is 41.4 Å². The molecule has 0 aliphatic rings. The summed E-state index contributed by atoms with van der Waals surface area (Å²) >= 11 is 1.60. The quantitative estimate of drug-likeness (QED) is 0.766. The molecule has 0 aliphatic heterocycles. The highest BCUT2D eigenvalue weighted by atomic mass is 32.1. The molecule has 0 saturated carbocycles. The Morgan fingerprint density at radius 1 is 1.17 bits per heavy atom. The van der Waals surface area contributed by atoms with Crippen LogP contribution in [-0.2, 0) is 0 Å². The van der Waals surface area contributed by atoms with Gasteiger partial charge in [0.05, 0.1) is 0 Å². The van der Waals surface area contributed by atoms with Gasteiger partial charge in [0.1, 0.15) is 22.4 Å². The Labute approximate surface area is 111 Å². The molecule has 94 valence electrons. The highest BCUT2D eigenvalue weighted by Crippen LogP contribution is 2.25. The normalized spacial score (nSPS) is 11.0. The zero-order chi connectivity index (χ0) is 12.8. The molecule has 1 aromatic heterocycles. The maximum absolute atomic E-state index is 5.58. The van der Waals surface area contributed by atoms with Gasteiger partial charge in [-0.1, -0.05) is 30.4 Å². The fraction of sp³-hybridized carbons (Fsp3) is 0.286. The van der Waals surface area contributed by atoms with Crippen molar-refractivity contribution in [1.29, 1.82) is 0 Å². The summed E-state index contributed by atoms with van der Waals surface area (Å²) in [5.74, 6) is 0.876. The number of ether oxygens (including phenoxy) is 1. The van der Waals surface area contributed by atoms with Gasteiger partial charge in [-0.3, -0.25) is 0 Å². The fourth-order valence-corrected chi connectivity index (χ4v) is 2.18. The number of hydrogen-bond acceptors (Lipinski definition) is 4. The first-order valence-electron chi connectivity index (χ1n) is 5.98. The summed E-state index contributed by atoms with van der Waals surface area (Å²) in [6.07, 6.45) is 5.17. The predicted molar refractivity (Wildman–Crippen MR) is 75.0 cm³/mol. The zero-order valence-electron chi connectivity index (χ0n) is 10.6. The van der Waals surface area contributed by atoms with Crippen LogP contribution < -0.4 is 4.74 Å². The Bertz CT molecular complexity index is 517. The van der Waals surface area contributed by atoms with Crippen LogP contribution in [0.2, 0.25) is 0 Å². The molecular weight excluding hydrogens is 244 g/mol. The Balaban J connectivity index is 1.99. The van der Waals surface area contributed by atoms with Crippen LogP contribution in [-0.4, -0.2) is 16.8 Å². The molecule has 3 nitrogen and oxygen atoms in total. The monoisotopic (exact) mass is 260 g/mol. The maximum Gasteiger partial charge on any atom is 0.147 e. The van der Waals surface area contributed by atoms with E-state index >= 15 is 0 Å². The number of allylic oxidation sites excluding steroid dienone is 1. The van der Waals surface area contributed by atoms with E-state index in [0.29, 0.717) is 6.61 Å². The molecule has 1 aromatic carbocycles. The minimum atomic E-state index is 0.616. The zero-order valence-corrected chi connectivity index (χ0v) is 11.4. The van der Waals surface area contributed by atoms with Gasteiger partial charge in [0.15, 0.2) is 0 Å². The summed E-state index contributed by atoms with van der Waals surface area (Å²) < 4.78 is 5.58. The Kier molecular flexibility index (Phi) is 4.47. The molecule has 0 fully saturated rings. The molecule has 0 saturated heterocycles. The third kappa shape index (κ3) is 3.40. The van der Waals surface area contributed by atoms with Gasteiger partial charge in [0.25, 0.3) is 0 Å². The summed E-state index contributed by atoms with van der Waals surface area (Å²) in [7, 11) is 0. The van der Waals surface area contributed by atoms with Gasteiger partial charge < -0.3 is 4.74 Å². The summed E-state index contributed by atoms with van der Waals surface area (Å²) in [6, 6.07) is 7.95. The van der Waals surface area contributed by atoms with Crippen molar-refractivity contribution >= 4 is 11.3 Å². The van der Waals surface area contributed by atoms with E-state index < -0.39 is 0 Å². The van der Waals surface area contributed by atoms with Crippen LogP contribution in [0, 0.1) is 6.92 Å². The van der Waals surface area contributed by atoms with Gasteiger partial charge in [-0.15, -0.1) is 10.2 Å². The van der Waals surface area contributed by atoms with Crippen LogP contribution in [0.25, 0.3) is 10.6 Å². The number of aromatic nitrogens is 2. The van der Waals surface area contributed by atoms with E-state index in [2.05, 4.69) is 23.2 Å². The number of benzene rings is 1. The van der Waals surface area contributed by atoms with Crippen LogP contribution in [0.15, 0.2) is 36.4 Å². The third-order valence-corrected chi connectivity index (χ3v) is 3.26. The molecule has 0 atom stereocenters. The second-order valence-corrected chi connectivity index (χ2v) is 5.02. The van der Waals surface area contributed by atoms with E-state index in [4.69, 9.17) is 4.74 Å². The molecule has 0 aliphatic carbocycles. The Morgan fingerprint density at radius 3 is 2.56 bits per heavy atom. The van der Waals surface area contributed by atoms with Crippen molar-refractivity contribution in [2.45, 2.75) is 20.3 Å². The third-order valence-electron chi connectivity index (χ3n) is 2.38. The molecule has 0 unspecified atom stereocenters. The summed E-state index contributed by atoms with van der Waals surface area (Å²) in [6.45, 7) is 4.68. The van der Waals surface area contributed by atoms with Crippen molar-refractivity contribution in [3.8, 4) is 16.3 Å². The van der Waals surface area contributed by atoms with Crippen molar-refractivity contribution in [1.82, 2.24) is 10.2 Å². The first-order valence-corrected chi connectivity index (χ1v) is 6.79. The van der Waals surface area contributed by atoms with E-state index in [-0.39, 0.29) is 0 Å². The van der Waals surface area contributed by atoms with Crippen LogP contribution in [0.5, 0.6) is 5.75 Å². The van der Waals surface area contributed by atoms with Crippen LogP contribution >= 0.6 is 11.3 Å². The van der Waals surface area contributed by atoms with E-state index in [0.717, 1.165) is 27.7 Å². The van der Waals surface area contributed by atoms with Crippen molar-refractivity contribution < 1.29 is 4.74 Å². The lowest BCUT2D eigenvalue weighted by molar-refractivity contribution is 0.362. The average molecular weight is 260 g/mol. The molecule has 1 heterocycles. The van der Waals surface area contributed by atoms with E-state index in [9.17, 15) is 0 Å². The molecule has 0 bridgehead atoms. The second kappa shape index (κ2) is 6.31. The largest absolute Gasteiger partial charge is 0.490 e. The van der Waals surface area contributed by atoms with Gasteiger partial charge >= 0.3 is 0 Å². The molecular formula is C14H16N2OS. The highest BCUT2D eigenvalue weighted by Gasteiger charge is 2.03. The summed E-state index contributed by atoms with van der Waals surface area (Å²) in [4.78, 5) is 0. The lowest BCUT2D eigenvalue weighted by atomic mass is 10.2. The van der Waals surface area contributed by atoms with Crippen molar-refractivity contribution in [2.75, 3.05) is 6.61 Å². The van der Waals surface area contributed by atoms with Crippen molar-refractivity contribution in [2.24, 2.45) is 0 Å². The van der Waals surface area contributed by atoms with Crippen LogP contribution in [0.1, 0.15) is 18.4 Å². The molecule has 0 radical (unpaired) electrons. The molecule has 4 heteroatoms. The molecule has 2 rings (SSSR count). The molecule has 0 N–H and O–H groups in total. The topological polar surface area (TPSA) is 35.0 Å². The van der Waals surface area contributed by atoms with Gasteiger partial charge in [0.2, 0.25) is 0 Å². The minimum absolute atomic E-state index is 0.616. The standard InChI is InChI=1S/C14H16N2OS/c1-3-4-5-10-17-13-8-6-12(7-9-13)14-16-15-11(2)18-14/h4-9H,3,10H2,1-2H3. The van der Waals surface area contributed by atoms with Crippen molar-refractivity contribution in [3.63, 3.8) is 0 Å². The first kappa shape index (κ1) is 12.8. The predicted octanol–water partition coefficient (Wildman–Crippen LogP) is 3.86. The number of aryl methyl sites for hydroxylation is 1. The summed E-state index contributed by atoms with van der Waals surface area (Å²) in [5.41, 5.74) is 1.08. The van der Waals surface area contributed by atoms with E-state index in [1.54, 1.807) is 11.3 Å². The second-order valence-electron chi connectivity index (χ2n) is 3.84. The summed E-state index contributed by atoms with van der Waals surface area (Å²) in [5, 5.41) is 10.1. The van der Waals surface area contributed by atoms with Gasteiger partial charge in [-0.25, -0.2) is 0 Å². The number of hydrogen-bond donors (Lipinski definition) is 0. The molecule has 0 spiro atoms. The highest BCUT2D eigenvalue weighted by molar-refractivity contribution is 7.14. The lowest BCUT2D eigenvalue weighted by Gasteiger charge is -2.03. The van der Waals surface area contributed by atoms with Crippen LogP contribution in [0.4, 0.5) is 0 Å². The number of rotatable bonds is 5. The first-order chi connectivity index (χ1) is 8.79. The molecule has 0 amide bonds. The Hall–Kier alpha value is -1.68. The molecule has 2 aromatic rings. The smallest absolute Gasteiger partial charge is 0.147 e. The van der Waals surface area contributed by atoms with Crippen LogP contribution in [0.3, 0.4) is 0 Å². The van der Waals surface area contributed by atoms with E-state index in [1.165, 1.54) is 0 Å². The van der Waals surface area contributed by atoms with Gasteiger partial charge in [0, 0.05) is 5.56 Å². The maximum atomic E-state index is 5.58. The van der Waals surface area contributed by atoms with E-state index in [1.807, 2.05) is 37.3 Å². The minimum Gasteiger partial charge on any atom is -0.490 e. The SMILES string of the molecule is CCC=CCOc1ccc(-c2nnc(C)s2)cc1. The van der Waals surface area contributed by atoms with Gasteiger partial charge in [-0.2, -0.15) is 0 Å². The number of nitrogens with zero attached hydrogens (tertiary/aromatic N) is 2. The Morgan fingerprint density at radius 2 is 1.94 bits per heavy atom. The lowest BCUT2D eigenvalue weighted by Crippen LogP contribution is -1.92. The fourth-order valence-electron chi connectivity index (χ4n) is 1.49. The van der Waals surface area contributed by atoms with Gasteiger partial charge in [-0.05, 0) is 37.6 Å². The average Bonchev–Trinajstić information content (AvgIpc) is 2.82. The molecule has 18 heavy (non-hydrogen) atoms.